The van der Waals surface area contributed by atoms with Crippen LogP contribution in [-0.2, 0) is 12.8 Å². The second-order valence-electron chi connectivity index (χ2n) is 6.62. The fourth-order valence-corrected chi connectivity index (χ4v) is 3.10. The van der Waals surface area contributed by atoms with Gasteiger partial charge in [-0.2, -0.15) is 18.2 Å². The van der Waals surface area contributed by atoms with Crippen LogP contribution < -0.4 is 9.64 Å². The number of carbonyl (C=O) groups is 1. The highest BCUT2D eigenvalue weighted by molar-refractivity contribution is 6.07. The van der Waals surface area contributed by atoms with Crippen molar-refractivity contribution >= 4 is 11.6 Å². The van der Waals surface area contributed by atoms with Gasteiger partial charge in [0, 0.05) is 17.4 Å². The van der Waals surface area contributed by atoms with Crippen molar-refractivity contribution in [1.29, 1.82) is 0 Å². The second-order valence-corrected chi connectivity index (χ2v) is 6.62. The minimum atomic E-state index is -4.51. The predicted octanol–water partition coefficient (Wildman–Crippen LogP) is 3.69. The van der Waals surface area contributed by atoms with Gasteiger partial charge in [0.05, 0.1) is 18.7 Å². The third kappa shape index (κ3) is 3.84. The average Bonchev–Trinajstić information content (AvgIpc) is 2.92. The van der Waals surface area contributed by atoms with Gasteiger partial charge in [0.25, 0.3) is 5.91 Å². The molecule has 30 heavy (non-hydrogen) atoms. The summed E-state index contributed by atoms with van der Waals surface area (Å²) in [7, 11) is 0. The summed E-state index contributed by atoms with van der Waals surface area (Å²) in [5, 5.41) is 9.14. The predicted molar refractivity (Wildman–Crippen MR) is 102 cm³/mol. The van der Waals surface area contributed by atoms with E-state index in [1.807, 2.05) is 0 Å². The van der Waals surface area contributed by atoms with Crippen molar-refractivity contribution in [2.75, 3.05) is 18.1 Å². The first-order chi connectivity index (χ1) is 14.4. The van der Waals surface area contributed by atoms with Gasteiger partial charge in [0.15, 0.2) is 5.82 Å². The summed E-state index contributed by atoms with van der Waals surface area (Å²) >= 11 is 0. The lowest BCUT2D eigenvalue weighted by Gasteiger charge is -2.21. The summed E-state index contributed by atoms with van der Waals surface area (Å²) < 4.78 is 44.7. The Kier molecular flexibility index (Phi) is 5.13. The van der Waals surface area contributed by atoms with Gasteiger partial charge in [-0.25, -0.2) is 4.98 Å². The first-order valence-electron chi connectivity index (χ1n) is 9.06. The number of fused-ring (bicyclic) bond motifs is 1. The number of hydrogen-bond acceptors (Lipinski definition) is 5. The van der Waals surface area contributed by atoms with E-state index in [-0.39, 0.29) is 36.9 Å². The van der Waals surface area contributed by atoms with Gasteiger partial charge in [-0.15, -0.1) is 0 Å². The normalized spacial score (nSPS) is 14.1. The Labute approximate surface area is 169 Å². The minimum absolute atomic E-state index is 0.0644. The van der Waals surface area contributed by atoms with E-state index in [4.69, 9.17) is 9.84 Å². The molecule has 0 bridgehead atoms. The Morgan fingerprint density at radius 1 is 1.13 bits per heavy atom. The van der Waals surface area contributed by atoms with Gasteiger partial charge < -0.3 is 14.7 Å². The molecule has 9 heteroatoms. The van der Waals surface area contributed by atoms with Crippen molar-refractivity contribution in [2.24, 2.45) is 0 Å². The van der Waals surface area contributed by atoms with Gasteiger partial charge in [-0.05, 0) is 23.8 Å². The molecule has 0 atom stereocenters. The Bertz CT molecular complexity index is 1080. The zero-order valence-electron chi connectivity index (χ0n) is 15.6. The molecular formula is C21H16F3N3O3. The molecule has 0 unspecified atom stereocenters. The van der Waals surface area contributed by atoms with Crippen molar-refractivity contribution in [3.63, 3.8) is 0 Å². The number of halogens is 3. The number of aliphatic hydroxyl groups excluding tert-OH is 1. The standard InChI is InChI=1S/C21H16F3N3O3/c22-21(23,24)15-2-1-3-16(10-15)27-8-9-30-19-17(20(27)29)11-25-18(26-19)14-6-4-13(12-28)5-7-14/h1-7,10-11,28H,8-9,12H2. The number of anilines is 1. The molecule has 1 N–H and O–H groups in total. The zero-order chi connectivity index (χ0) is 21.3. The first-order valence-corrected chi connectivity index (χ1v) is 9.06. The van der Waals surface area contributed by atoms with Crippen molar-refractivity contribution in [3.8, 4) is 17.3 Å². The molecule has 0 spiro atoms. The van der Waals surface area contributed by atoms with E-state index in [0.717, 1.165) is 17.7 Å². The molecule has 0 saturated carbocycles. The van der Waals surface area contributed by atoms with Crippen molar-refractivity contribution in [3.05, 3.63) is 71.4 Å². The van der Waals surface area contributed by atoms with Crippen LogP contribution in [0.25, 0.3) is 11.4 Å². The SMILES string of the molecule is O=C1c2cnc(-c3ccc(CO)cc3)nc2OCCN1c1cccc(C(F)(F)F)c1. The van der Waals surface area contributed by atoms with Crippen molar-refractivity contribution in [2.45, 2.75) is 12.8 Å². The van der Waals surface area contributed by atoms with Crippen LogP contribution in [0.1, 0.15) is 21.5 Å². The molecule has 0 radical (unpaired) electrons. The smallest absolute Gasteiger partial charge is 0.416 e. The lowest BCUT2D eigenvalue weighted by molar-refractivity contribution is -0.137. The number of aliphatic hydroxyl groups is 1. The zero-order valence-corrected chi connectivity index (χ0v) is 15.6. The summed E-state index contributed by atoms with van der Waals surface area (Å²) in [4.78, 5) is 22.7. The van der Waals surface area contributed by atoms with E-state index >= 15 is 0 Å². The number of benzene rings is 2. The number of carbonyl (C=O) groups excluding carboxylic acids is 1. The van der Waals surface area contributed by atoms with Crippen LogP contribution in [0.4, 0.5) is 18.9 Å². The van der Waals surface area contributed by atoms with E-state index in [1.165, 1.54) is 23.2 Å². The molecule has 1 aliphatic rings. The third-order valence-corrected chi connectivity index (χ3v) is 4.66. The minimum Gasteiger partial charge on any atom is -0.475 e. The summed E-state index contributed by atoms with van der Waals surface area (Å²) in [6.07, 6.45) is -3.20. The molecule has 0 fully saturated rings. The number of hydrogen-bond donors (Lipinski definition) is 1. The van der Waals surface area contributed by atoms with Crippen LogP contribution in [0, 0.1) is 0 Å². The fourth-order valence-electron chi connectivity index (χ4n) is 3.10. The highest BCUT2D eigenvalue weighted by Crippen LogP contribution is 2.33. The number of alkyl halides is 3. The maximum Gasteiger partial charge on any atom is 0.416 e. The summed E-state index contributed by atoms with van der Waals surface area (Å²) in [5.74, 6) is -0.131. The van der Waals surface area contributed by atoms with Gasteiger partial charge in [0.2, 0.25) is 5.88 Å². The third-order valence-electron chi connectivity index (χ3n) is 4.66. The maximum atomic E-state index is 13.0. The van der Waals surface area contributed by atoms with E-state index in [9.17, 15) is 18.0 Å². The van der Waals surface area contributed by atoms with Crippen molar-refractivity contribution in [1.82, 2.24) is 9.97 Å². The van der Waals surface area contributed by atoms with Crippen LogP contribution in [0.15, 0.2) is 54.7 Å². The van der Waals surface area contributed by atoms with Crippen LogP contribution >= 0.6 is 0 Å². The van der Waals surface area contributed by atoms with Crippen LogP contribution in [-0.4, -0.2) is 34.1 Å². The van der Waals surface area contributed by atoms with E-state index in [1.54, 1.807) is 24.3 Å². The highest BCUT2D eigenvalue weighted by Gasteiger charge is 2.32. The molecule has 1 amide bonds. The monoisotopic (exact) mass is 415 g/mol. The molecule has 4 rings (SSSR count). The maximum absolute atomic E-state index is 13.0. The topological polar surface area (TPSA) is 75.5 Å². The number of aromatic nitrogens is 2. The Morgan fingerprint density at radius 3 is 2.60 bits per heavy atom. The molecule has 1 aliphatic heterocycles. The van der Waals surface area contributed by atoms with E-state index < -0.39 is 17.6 Å². The van der Waals surface area contributed by atoms with Gasteiger partial charge in [0.1, 0.15) is 12.2 Å². The number of rotatable bonds is 3. The highest BCUT2D eigenvalue weighted by atomic mass is 19.4. The molecule has 0 saturated heterocycles. The Hall–Kier alpha value is -3.46. The molecule has 2 heterocycles. The molecule has 154 valence electrons. The average molecular weight is 415 g/mol. The fraction of sp³-hybridized carbons (Fsp3) is 0.190. The molecule has 6 nitrogen and oxygen atoms in total. The largest absolute Gasteiger partial charge is 0.475 e. The van der Waals surface area contributed by atoms with Crippen LogP contribution in [0.2, 0.25) is 0 Å². The molecular weight excluding hydrogens is 399 g/mol. The summed E-state index contributed by atoms with van der Waals surface area (Å²) in [5.41, 5.74) is 0.758. The van der Waals surface area contributed by atoms with Gasteiger partial charge in [-0.1, -0.05) is 30.3 Å². The van der Waals surface area contributed by atoms with Gasteiger partial charge >= 0.3 is 6.18 Å². The molecule has 2 aromatic carbocycles. The van der Waals surface area contributed by atoms with E-state index in [2.05, 4.69) is 9.97 Å². The number of amides is 1. The van der Waals surface area contributed by atoms with Crippen molar-refractivity contribution < 1.29 is 27.8 Å². The Balaban J connectivity index is 1.66. The van der Waals surface area contributed by atoms with Gasteiger partial charge in [-0.3, -0.25) is 4.79 Å². The number of ether oxygens (including phenoxy) is 1. The number of nitrogens with zero attached hydrogens (tertiary/aromatic N) is 3. The summed E-state index contributed by atoms with van der Waals surface area (Å²) in [6, 6.07) is 11.5. The van der Waals surface area contributed by atoms with Crippen LogP contribution in [0.3, 0.4) is 0 Å². The lowest BCUT2D eigenvalue weighted by atomic mass is 10.1. The Morgan fingerprint density at radius 2 is 1.90 bits per heavy atom. The van der Waals surface area contributed by atoms with Crippen LogP contribution in [0.5, 0.6) is 5.88 Å². The quantitative estimate of drug-likeness (QED) is 0.706. The molecule has 1 aromatic heterocycles. The molecule has 0 aliphatic carbocycles. The first kappa shape index (κ1) is 19.8. The lowest BCUT2D eigenvalue weighted by Crippen LogP contribution is -2.32. The second kappa shape index (κ2) is 7.75. The summed E-state index contributed by atoms with van der Waals surface area (Å²) in [6.45, 7) is 0.0419. The van der Waals surface area contributed by atoms with E-state index in [0.29, 0.717) is 11.4 Å². The molecule has 3 aromatic rings.